The molecule has 0 bridgehead atoms. The fourth-order valence-electron chi connectivity index (χ4n) is 1.23. The lowest BCUT2D eigenvalue weighted by Gasteiger charge is -2.08. The van der Waals surface area contributed by atoms with Gasteiger partial charge < -0.3 is 9.84 Å². The van der Waals surface area contributed by atoms with Crippen molar-refractivity contribution in [3.05, 3.63) is 45.5 Å². The summed E-state index contributed by atoms with van der Waals surface area (Å²) in [6.07, 6.45) is 2.48. The Morgan fingerprint density at radius 2 is 2.05 bits per heavy atom. The predicted octanol–water partition coefficient (Wildman–Crippen LogP) is 3.52. The molecular weight excluding hydrogens is 342 g/mol. The molecule has 5 nitrogen and oxygen atoms in total. The highest BCUT2D eigenvalue weighted by molar-refractivity contribution is 9.10. The van der Waals surface area contributed by atoms with E-state index in [9.17, 15) is 9.18 Å². The third-order valence-corrected chi connectivity index (χ3v) is 2.96. The van der Waals surface area contributed by atoms with Gasteiger partial charge in [0.25, 0.3) is 5.88 Å². The number of hydrogen-bond donors (Lipinski definition) is 1. The smallest absolute Gasteiger partial charge is 0.360 e. The molecule has 98 valence electrons. The first kappa shape index (κ1) is 13.7. The highest BCUT2D eigenvalue weighted by atomic mass is 79.9. The standard InChI is InChI=1S/C11H5BrClFN2O3/c12-5-3-6(13)7(14)4-8(5)19-10-9(11(17)18)15-1-2-16-10/h1-4H,(H,17,18). The highest BCUT2D eigenvalue weighted by Gasteiger charge is 2.17. The largest absolute Gasteiger partial charge is 0.476 e. The fraction of sp³-hybridized carbons (Fsp3) is 0. The van der Waals surface area contributed by atoms with Crippen molar-refractivity contribution in [2.24, 2.45) is 0 Å². The summed E-state index contributed by atoms with van der Waals surface area (Å²) in [4.78, 5) is 18.3. The zero-order valence-corrected chi connectivity index (χ0v) is 11.4. The van der Waals surface area contributed by atoms with Crippen LogP contribution in [0.25, 0.3) is 0 Å². The Morgan fingerprint density at radius 3 is 2.74 bits per heavy atom. The van der Waals surface area contributed by atoms with Crippen LogP contribution in [0.5, 0.6) is 11.6 Å². The van der Waals surface area contributed by atoms with Gasteiger partial charge in [-0.2, -0.15) is 0 Å². The van der Waals surface area contributed by atoms with E-state index in [4.69, 9.17) is 21.4 Å². The zero-order valence-electron chi connectivity index (χ0n) is 9.10. The number of carbonyl (C=O) groups is 1. The van der Waals surface area contributed by atoms with Crippen LogP contribution < -0.4 is 4.74 Å². The number of nitrogens with zero attached hydrogens (tertiary/aromatic N) is 2. The van der Waals surface area contributed by atoms with Crippen molar-refractivity contribution in [2.75, 3.05) is 0 Å². The van der Waals surface area contributed by atoms with Gasteiger partial charge in [0.15, 0.2) is 0 Å². The molecule has 8 heteroatoms. The van der Waals surface area contributed by atoms with Crippen LogP contribution in [0.15, 0.2) is 29.0 Å². The Bertz CT molecular complexity index is 654. The van der Waals surface area contributed by atoms with E-state index in [2.05, 4.69) is 25.9 Å². The lowest BCUT2D eigenvalue weighted by molar-refractivity contribution is 0.0686. The van der Waals surface area contributed by atoms with E-state index in [1.165, 1.54) is 18.5 Å². The van der Waals surface area contributed by atoms with Crippen molar-refractivity contribution in [2.45, 2.75) is 0 Å². The van der Waals surface area contributed by atoms with E-state index in [1.54, 1.807) is 0 Å². The monoisotopic (exact) mass is 346 g/mol. The van der Waals surface area contributed by atoms with E-state index in [0.717, 1.165) is 6.07 Å². The molecule has 1 aromatic carbocycles. The van der Waals surface area contributed by atoms with Crippen molar-refractivity contribution >= 4 is 33.5 Å². The summed E-state index contributed by atoms with van der Waals surface area (Å²) in [5, 5.41) is 8.84. The molecule has 0 spiro atoms. The Hall–Kier alpha value is -1.73. The molecule has 1 N–H and O–H groups in total. The SMILES string of the molecule is O=C(O)c1nccnc1Oc1cc(F)c(Cl)cc1Br. The number of carboxylic acids is 1. The van der Waals surface area contributed by atoms with E-state index < -0.39 is 11.8 Å². The van der Waals surface area contributed by atoms with Gasteiger partial charge in [-0.05, 0) is 22.0 Å². The molecule has 2 aromatic rings. The second kappa shape index (κ2) is 5.50. The molecule has 1 heterocycles. The minimum Gasteiger partial charge on any atom is -0.476 e. The molecule has 0 saturated carbocycles. The van der Waals surface area contributed by atoms with E-state index in [1.807, 2.05) is 0 Å². The third-order valence-electron chi connectivity index (χ3n) is 2.05. The Morgan fingerprint density at radius 1 is 1.37 bits per heavy atom. The lowest BCUT2D eigenvalue weighted by Crippen LogP contribution is -2.04. The molecule has 0 amide bonds. The van der Waals surface area contributed by atoms with Crippen molar-refractivity contribution in [3.8, 4) is 11.6 Å². The van der Waals surface area contributed by atoms with Gasteiger partial charge in [0.05, 0.1) is 9.50 Å². The summed E-state index contributed by atoms with van der Waals surface area (Å²) in [6.45, 7) is 0. The molecule has 19 heavy (non-hydrogen) atoms. The molecule has 0 saturated heterocycles. The number of rotatable bonds is 3. The lowest BCUT2D eigenvalue weighted by atomic mass is 10.3. The van der Waals surface area contributed by atoms with Crippen LogP contribution in [0.1, 0.15) is 10.5 Å². The van der Waals surface area contributed by atoms with Crippen LogP contribution in [0.2, 0.25) is 5.02 Å². The quantitative estimate of drug-likeness (QED) is 0.860. The molecular formula is C11H5BrClFN2O3. The minimum atomic E-state index is -1.30. The summed E-state index contributed by atoms with van der Waals surface area (Å²) < 4.78 is 18.9. The van der Waals surface area contributed by atoms with Crippen molar-refractivity contribution in [1.29, 1.82) is 0 Å². The maximum atomic E-state index is 13.3. The molecule has 0 aliphatic rings. The van der Waals surface area contributed by atoms with Crippen molar-refractivity contribution in [3.63, 3.8) is 0 Å². The topological polar surface area (TPSA) is 72.3 Å². The van der Waals surface area contributed by atoms with Gasteiger partial charge in [0.2, 0.25) is 5.69 Å². The number of aromatic carboxylic acids is 1. The summed E-state index contributed by atoms with van der Waals surface area (Å²) in [6, 6.07) is 2.32. The molecule has 0 atom stereocenters. The molecule has 2 rings (SSSR count). The highest BCUT2D eigenvalue weighted by Crippen LogP contribution is 2.33. The fourth-order valence-corrected chi connectivity index (χ4v) is 1.95. The average molecular weight is 348 g/mol. The van der Waals surface area contributed by atoms with Crippen LogP contribution in [-0.2, 0) is 0 Å². The van der Waals surface area contributed by atoms with Gasteiger partial charge in [0.1, 0.15) is 11.6 Å². The molecule has 0 radical (unpaired) electrons. The van der Waals surface area contributed by atoms with E-state index >= 15 is 0 Å². The maximum absolute atomic E-state index is 13.3. The van der Waals surface area contributed by atoms with E-state index in [-0.39, 0.29) is 22.3 Å². The minimum absolute atomic E-state index is 0.0462. The molecule has 1 aromatic heterocycles. The third kappa shape index (κ3) is 2.99. The summed E-state index contributed by atoms with van der Waals surface area (Å²) in [7, 11) is 0. The first-order valence-corrected chi connectivity index (χ1v) is 6.03. The average Bonchev–Trinajstić information content (AvgIpc) is 2.36. The van der Waals surface area contributed by atoms with Gasteiger partial charge in [-0.1, -0.05) is 11.6 Å². The number of ether oxygens (including phenoxy) is 1. The van der Waals surface area contributed by atoms with Gasteiger partial charge in [-0.15, -0.1) is 0 Å². The van der Waals surface area contributed by atoms with Crippen LogP contribution >= 0.6 is 27.5 Å². The number of halogens is 3. The summed E-state index contributed by atoms with van der Waals surface area (Å²) in [5.41, 5.74) is -0.371. The van der Waals surface area contributed by atoms with Crippen LogP contribution in [0.3, 0.4) is 0 Å². The van der Waals surface area contributed by atoms with Crippen LogP contribution in [0, 0.1) is 5.82 Å². The number of aromatic nitrogens is 2. The first-order chi connectivity index (χ1) is 8.99. The van der Waals surface area contributed by atoms with Gasteiger partial charge in [-0.3, -0.25) is 0 Å². The Labute approximate surface area is 120 Å². The van der Waals surface area contributed by atoms with Crippen molar-refractivity contribution in [1.82, 2.24) is 9.97 Å². The Balaban J connectivity index is 2.42. The van der Waals surface area contributed by atoms with Gasteiger partial charge >= 0.3 is 5.97 Å². The van der Waals surface area contributed by atoms with Crippen molar-refractivity contribution < 1.29 is 19.0 Å². The zero-order chi connectivity index (χ0) is 14.0. The number of benzene rings is 1. The number of carboxylic acid groups (broad SMARTS) is 1. The van der Waals surface area contributed by atoms with Gasteiger partial charge in [0, 0.05) is 18.5 Å². The second-order valence-electron chi connectivity index (χ2n) is 3.31. The van der Waals surface area contributed by atoms with Crippen LogP contribution in [0.4, 0.5) is 4.39 Å². The maximum Gasteiger partial charge on any atom is 0.360 e. The van der Waals surface area contributed by atoms with Gasteiger partial charge in [-0.25, -0.2) is 19.2 Å². The molecule has 0 aliphatic carbocycles. The molecule has 0 fully saturated rings. The van der Waals surface area contributed by atoms with Crippen LogP contribution in [-0.4, -0.2) is 21.0 Å². The summed E-state index contributed by atoms with van der Waals surface area (Å²) >= 11 is 8.72. The normalized spacial score (nSPS) is 10.3. The van der Waals surface area contributed by atoms with E-state index in [0.29, 0.717) is 4.47 Å². The molecule has 0 aliphatic heterocycles. The summed E-state index contributed by atoms with van der Waals surface area (Å²) in [5.74, 6) is -2.18. The second-order valence-corrected chi connectivity index (χ2v) is 4.58. The first-order valence-electron chi connectivity index (χ1n) is 4.85. The number of hydrogen-bond acceptors (Lipinski definition) is 4. The Kier molecular flexibility index (Phi) is 3.96. The predicted molar refractivity (Wildman–Crippen MR) is 68.2 cm³/mol. The molecule has 0 unspecified atom stereocenters.